The van der Waals surface area contributed by atoms with Crippen LogP contribution in [0.1, 0.15) is 102 Å². The predicted octanol–water partition coefficient (Wildman–Crippen LogP) is 6.86. The van der Waals surface area contributed by atoms with Crippen molar-refractivity contribution in [3.05, 3.63) is 47.1 Å². The van der Waals surface area contributed by atoms with Gasteiger partial charge >= 0.3 is 13.8 Å². The SMILES string of the molecule is C=C(C)[C@@H]1CCC(C)=C[C@H]1c1c(O)cc(CCCCC)cc1OC(=O)C1(OP(=O)(O)O)CCCCC1. The Morgan fingerprint density at radius 3 is 2.50 bits per heavy atom. The monoisotopic (exact) mass is 520 g/mol. The zero-order chi connectivity index (χ0) is 26.5. The first kappa shape index (κ1) is 28.6. The van der Waals surface area contributed by atoms with Crippen LogP contribution in [0, 0.1) is 5.92 Å². The Kier molecular flexibility index (Phi) is 9.62. The van der Waals surface area contributed by atoms with E-state index in [0.29, 0.717) is 18.4 Å². The van der Waals surface area contributed by atoms with Crippen LogP contribution in [0.5, 0.6) is 11.5 Å². The summed E-state index contributed by atoms with van der Waals surface area (Å²) in [6.45, 7) is 10.3. The molecule has 200 valence electrons. The Labute approximate surface area is 214 Å². The van der Waals surface area contributed by atoms with Crippen molar-refractivity contribution in [1.82, 2.24) is 0 Å². The van der Waals surface area contributed by atoms with E-state index >= 15 is 0 Å². The number of rotatable bonds is 10. The fourth-order valence-electron chi connectivity index (χ4n) is 5.59. The molecule has 3 rings (SSSR count). The number of phenols is 1. The number of phenolic OH excluding ortho intramolecular Hbond substituents is 1. The van der Waals surface area contributed by atoms with Crippen LogP contribution < -0.4 is 4.74 Å². The molecular formula is C28H41O7P. The highest BCUT2D eigenvalue weighted by Gasteiger charge is 2.48. The molecule has 2 atom stereocenters. The van der Waals surface area contributed by atoms with Gasteiger partial charge in [0.1, 0.15) is 11.5 Å². The lowest BCUT2D eigenvalue weighted by atomic mass is 9.73. The first-order valence-corrected chi connectivity index (χ1v) is 14.7. The highest BCUT2D eigenvalue weighted by Crippen LogP contribution is 2.50. The van der Waals surface area contributed by atoms with E-state index in [9.17, 15) is 24.3 Å². The Balaban J connectivity index is 2.07. The highest BCUT2D eigenvalue weighted by atomic mass is 31.2. The summed E-state index contributed by atoms with van der Waals surface area (Å²) in [5.41, 5.74) is 1.83. The first-order valence-electron chi connectivity index (χ1n) is 13.1. The van der Waals surface area contributed by atoms with Gasteiger partial charge in [0.2, 0.25) is 0 Å². The molecule has 0 radical (unpaired) electrons. The van der Waals surface area contributed by atoms with Crippen molar-refractivity contribution >= 4 is 13.8 Å². The number of aromatic hydroxyl groups is 1. The molecule has 0 bridgehead atoms. The molecule has 2 aliphatic carbocycles. The van der Waals surface area contributed by atoms with Gasteiger partial charge in [-0.2, -0.15) is 0 Å². The van der Waals surface area contributed by atoms with Crippen LogP contribution in [-0.4, -0.2) is 26.5 Å². The Hall–Kier alpha value is -1.92. The van der Waals surface area contributed by atoms with Gasteiger partial charge in [-0.05, 0) is 88.8 Å². The lowest BCUT2D eigenvalue weighted by Crippen LogP contribution is -2.45. The normalized spacial score (nSPS) is 22.1. The van der Waals surface area contributed by atoms with E-state index in [1.54, 1.807) is 12.1 Å². The third-order valence-electron chi connectivity index (χ3n) is 7.49. The molecule has 8 heteroatoms. The van der Waals surface area contributed by atoms with Crippen LogP contribution in [0.4, 0.5) is 0 Å². The van der Waals surface area contributed by atoms with E-state index in [1.807, 2.05) is 13.8 Å². The largest absolute Gasteiger partial charge is 0.507 e. The maximum absolute atomic E-state index is 13.6. The van der Waals surface area contributed by atoms with Crippen LogP contribution in [0.25, 0.3) is 0 Å². The second-order valence-electron chi connectivity index (χ2n) is 10.5. The minimum absolute atomic E-state index is 0.0580. The number of esters is 1. The van der Waals surface area contributed by atoms with Gasteiger partial charge in [0.15, 0.2) is 5.60 Å². The fraction of sp³-hybridized carbons (Fsp3) is 0.607. The minimum Gasteiger partial charge on any atom is -0.507 e. The molecule has 3 N–H and O–H groups in total. The van der Waals surface area contributed by atoms with Crippen molar-refractivity contribution in [3.8, 4) is 11.5 Å². The summed E-state index contributed by atoms with van der Waals surface area (Å²) < 4.78 is 22.8. The average Bonchev–Trinajstić information content (AvgIpc) is 2.78. The van der Waals surface area contributed by atoms with Gasteiger partial charge in [0.25, 0.3) is 0 Å². The third-order valence-corrected chi connectivity index (χ3v) is 8.08. The van der Waals surface area contributed by atoms with Gasteiger partial charge in [0.05, 0.1) is 0 Å². The smallest absolute Gasteiger partial charge is 0.470 e. The summed E-state index contributed by atoms with van der Waals surface area (Å²) in [6.07, 6.45) is 10.1. The van der Waals surface area contributed by atoms with Gasteiger partial charge in [-0.15, -0.1) is 0 Å². The summed E-state index contributed by atoms with van der Waals surface area (Å²) in [5, 5.41) is 11.2. The molecule has 1 fully saturated rings. The number of hydrogen-bond acceptors (Lipinski definition) is 5. The number of phosphoric ester groups is 1. The van der Waals surface area contributed by atoms with Crippen molar-refractivity contribution < 1.29 is 33.5 Å². The molecule has 0 amide bonds. The predicted molar refractivity (Wildman–Crippen MR) is 140 cm³/mol. The van der Waals surface area contributed by atoms with Gasteiger partial charge in [-0.25, -0.2) is 9.36 Å². The van der Waals surface area contributed by atoms with Crippen LogP contribution in [-0.2, 0) is 20.3 Å². The number of hydrogen-bond donors (Lipinski definition) is 3. The maximum Gasteiger partial charge on any atom is 0.470 e. The highest BCUT2D eigenvalue weighted by molar-refractivity contribution is 7.46. The number of allylic oxidation sites excluding steroid dienone is 3. The topological polar surface area (TPSA) is 113 Å². The second-order valence-corrected chi connectivity index (χ2v) is 11.7. The van der Waals surface area contributed by atoms with Crippen LogP contribution in [0.2, 0.25) is 0 Å². The second kappa shape index (κ2) is 12.1. The molecule has 36 heavy (non-hydrogen) atoms. The van der Waals surface area contributed by atoms with Crippen molar-refractivity contribution in [1.29, 1.82) is 0 Å². The molecular weight excluding hydrogens is 479 g/mol. The van der Waals surface area contributed by atoms with E-state index in [1.165, 1.54) is 5.57 Å². The van der Waals surface area contributed by atoms with Gasteiger partial charge < -0.3 is 19.6 Å². The van der Waals surface area contributed by atoms with E-state index in [2.05, 4.69) is 19.6 Å². The average molecular weight is 521 g/mol. The first-order chi connectivity index (χ1) is 17.0. The third kappa shape index (κ3) is 7.10. The van der Waals surface area contributed by atoms with E-state index in [4.69, 9.17) is 9.26 Å². The standard InChI is InChI=1S/C28H41O7P/c1-5-6-8-11-21-17-24(29)26(23-16-20(4)12-13-22(23)19(2)3)25(18-21)34-27(30)28(35-36(31,32)33)14-9-7-10-15-28/h16-18,22-23,29H,2,5-15H2,1,3-4H3,(H2,31,32,33)/t22-,23+/m0/s1. The summed E-state index contributed by atoms with van der Waals surface area (Å²) >= 11 is 0. The fourth-order valence-corrected chi connectivity index (χ4v) is 6.30. The number of unbranched alkanes of at least 4 members (excludes halogenated alkanes) is 2. The number of aryl methyl sites for hydroxylation is 1. The zero-order valence-electron chi connectivity index (χ0n) is 21.8. The molecule has 7 nitrogen and oxygen atoms in total. The molecule has 0 saturated heterocycles. The zero-order valence-corrected chi connectivity index (χ0v) is 22.7. The molecule has 1 saturated carbocycles. The molecule has 2 aliphatic rings. The van der Waals surface area contributed by atoms with Gasteiger partial charge in [-0.3, -0.25) is 4.52 Å². The summed E-state index contributed by atoms with van der Waals surface area (Å²) in [6, 6.07) is 3.54. The number of benzene rings is 1. The Bertz CT molecular complexity index is 1030. The van der Waals surface area contributed by atoms with Gasteiger partial charge in [0, 0.05) is 11.5 Å². The quantitative estimate of drug-likeness (QED) is 0.102. The molecule has 1 aromatic carbocycles. The Morgan fingerprint density at radius 2 is 1.89 bits per heavy atom. The van der Waals surface area contributed by atoms with Crippen molar-refractivity contribution in [3.63, 3.8) is 0 Å². The number of phosphoric acid groups is 1. The lowest BCUT2D eigenvalue weighted by molar-refractivity contribution is -0.157. The summed E-state index contributed by atoms with van der Waals surface area (Å²) in [5.74, 6) is -0.692. The van der Waals surface area contributed by atoms with Crippen LogP contribution in [0.15, 0.2) is 35.9 Å². The molecule has 0 heterocycles. The van der Waals surface area contributed by atoms with Gasteiger partial charge in [-0.1, -0.05) is 50.0 Å². The van der Waals surface area contributed by atoms with E-state index in [-0.39, 0.29) is 36.2 Å². The number of ether oxygens (including phenoxy) is 1. The van der Waals surface area contributed by atoms with Crippen LogP contribution in [0.3, 0.4) is 0 Å². The maximum atomic E-state index is 13.6. The molecule has 0 spiro atoms. The van der Waals surface area contributed by atoms with Crippen molar-refractivity contribution in [2.75, 3.05) is 0 Å². The van der Waals surface area contributed by atoms with Crippen LogP contribution >= 0.6 is 7.82 Å². The van der Waals surface area contributed by atoms with E-state index in [0.717, 1.165) is 56.1 Å². The van der Waals surface area contributed by atoms with E-state index < -0.39 is 19.4 Å². The molecule has 1 aromatic rings. The summed E-state index contributed by atoms with van der Waals surface area (Å²) in [7, 11) is -4.94. The molecule has 0 unspecified atom stereocenters. The minimum atomic E-state index is -4.94. The Morgan fingerprint density at radius 1 is 1.19 bits per heavy atom. The molecule has 0 aromatic heterocycles. The van der Waals surface area contributed by atoms with Crippen molar-refractivity contribution in [2.24, 2.45) is 5.92 Å². The number of carbonyl (C=O) groups excluding carboxylic acids is 1. The molecule has 0 aliphatic heterocycles. The van der Waals surface area contributed by atoms with Crippen molar-refractivity contribution in [2.45, 2.75) is 103 Å². The summed E-state index contributed by atoms with van der Waals surface area (Å²) in [4.78, 5) is 32.7. The lowest BCUT2D eigenvalue weighted by Gasteiger charge is -2.35. The number of carbonyl (C=O) groups is 1.